The normalized spacial score (nSPS) is 18.1. The Kier molecular flexibility index (Phi) is 4.70. The lowest BCUT2D eigenvalue weighted by Crippen LogP contribution is -2.42. The standard InChI is InChI=1S/C16H26N2O/c1-18(2)14-7-6-8-15(13-14)19-12-11-16(17)9-4-3-5-10-16/h6-8,13H,3-5,9-12,17H2,1-2H3. The predicted molar refractivity (Wildman–Crippen MR) is 80.9 cm³/mol. The van der Waals surface area contributed by atoms with Crippen LogP contribution in [0.5, 0.6) is 5.75 Å². The minimum absolute atomic E-state index is 0.0113. The number of hydrogen-bond donors (Lipinski definition) is 1. The molecule has 0 spiro atoms. The van der Waals surface area contributed by atoms with E-state index in [1.165, 1.54) is 19.3 Å². The first-order valence-corrected chi connectivity index (χ1v) is 7.28. The Balaban J connectivity index is 1.83. The molecule has 0 amide bonds. The highest BCUT2D eigenvalue weighted by molar-refractivity contribution is 5.49. The maximum absolute atomic E-state index is 6.41. The molecule has 1 aliphatic carbocycles. The van der Waals surface area contributed by atoms with E-state index in [0.717, 1.165) is 30.7 Å². The molecule has 0 radical (unpaired) electrons. The van der Waals surface area contributed by atoms with Gasteiger partial charge in [-0.3, -0.25) is 0 Å². The van der Waals surface area contributed by atoms with Gasteiger partial charge in [0.1, 0.15) is 5.75 Å². The van der Waals surface area contributed by atoms with Crippen molar-refractivity contribution in [3.8, 4) is 5.75 Å². The first-order valence-electron chi connectivity index (χ1n) is 7.28. The molecule has 19 heavy (non-hydrogen) atoms. The molecule has 0 saturated heterocycles. The van der Waals surface area contributed by atoms with Crippen LogP contribution in [-0.2, 0) is 0 Å². The van der Waals surface area contributed by atoms with Gasteiger partial charge in [0.2, 0.25) is 0 Å². The van der Waals surface area contributed by atoms with Crippen LogP contribution in [0.2, 0.25) is 0 Å². The van der Waals surface area contributed by atoms with Crippen LogP contribution >= 0.6 is 0 Å². The van der Waals surface area contributed by atoms with E-state index in [4.69, 9.17) is 10.5 Å². The molecule has 2 rings (SSSR count). The van der Waals surface area contributed by atoms with E-state index in [9.17, 15) is 0 Å². The van der Waals surface area contributed by atoms with E-state index < -0.39 is 0 Å². The molecule has 0 aliphatic heterocycles. The number of ether oxygens (including phenoxy) is 1. The van der Waals surface area contributed by atoms with Crippen LogP contribution in [0.25, 0.3) is 0 Å². The van der Waals surface area contributed by atoms with Crippen LogP contribution < -0.4 is 15.4 Å². The Bertz CT molecular complexity index is 397. The van der Waals surface area contributed by atoms with Crippen molar-refractivity contribution < 1.29 is 4.74 Å². The minimum Gasteiger partial charge on any atom is -0.493 e. The lowest BCUT2D eigenvalue weighted by atomic mass is 9.80. The van der Waals surface area contributed by atoms with Crippen molar-refractivity contribution in [3.63, 3.8) is 0 Å². The minimum atomic E-state index is 0.0113. The summed E-state index contributed by atoms with van der Waals surface area (Å²) in [7, 11) is 4.08. The number of anilines is 1. The quantitative estimate of drug-likeness (QED) is 0.885. The van der Waals surface area contributed by atoms with Gasteiger partial charge in [0, 0.05) is 31.4 Å². The van der Waals surface area contributed by atoms with Crippen molar-refractivity contribution in [2.45, 2.75) is 44.1 Å². The van der Waals surface area contributed by atoms with Gasteiger partial charge < -0.3 is 15.4 Å². The van der Waals surface area contributed by atoms with Crippen LogP contribution in [0.4, 0.5) is 5.69 Å². The molecule has 1 aromatic rings. The molecule has 0 atom stereocenters. The maximum Gasteiger partial charge on any atom is 0.121 e. The Labute approximate surface area is 116 Å². The fourth-order valence-electron chi connectivity index (χ4n) is 2.73. The fourth-order valence-corrected chi connectivity index (χ4v) is 2.73. The third-order valence-corrected chi connectivity index (χ3v) is 4.05. The maximum atomic E-state index is 6.41. The molecular formula is C16H26N2O. The zero-order valence-corrected chi connectivity index (χ0v) is 12.2. The highest BCUT2D eigenvalue weighted by Crippen LogP contribution is 2.29. The van der Waals surface area contributed by atoms with Gasteiger partial charge in [0.05, 0.1) is 6.61 Å². The van der Waals surface area contributed by atoms with Gasteiger partial charge in [-0.15, -0.1) is 0 Å². The second-order valence-corrected chi connectivity index (χ2v) is 5.91. The van der Waals surface area contributed by atoms with Gasteiger partial charge in [0.15, 0.2) is 0 Å². The first kappa shape index (κ1) is 14.2. The molecule has 0 aromatic heterocycles. The van der Waals surface area contributed by atoms with Crippen molar-refractivity contribution in [3.05, 3.63) is 24.3 Å². The summed E-state index contributed by atoms with van der Waals surface area (Å²) in [5.74, 6) is 0.936. The summed E-state index contributed by atoms with van der Waals surface area (Å²) in [6.45, 7) is 0.716. The van der Waals surface area contributed by atoms with Crippen molar-refractivity contribution in [1.82, 2.24) is 0 Å². The van der Waals surface area contributed by atoms with Crippen molar-refractivity contribution >= 4 is 5.69 Å². The summed E-state index contributed by atoms with van der Waals surface area (Å²) < 4.78 is 5.86. The van der Waals surface area contributed by atoms with E-state index in [2.05, 4.69) is 17.0 Å². The van der Waals surface area contributed by atoms with Gasteiger partial charge in [-0.1, -0.05) is 25.3 Å². The van der Waals surface area contributed by atoms with Gasteiger partial charge in [-0.2, -0.15) is 0 Å². The van der Waals surface area contributed by atoms with Gasteiger partial charge in [-0.25, -0.2) is 0 Å². The monoisotopic (exact) mass is 262 g/mol. The molecule has 1 aromatic carbocycles. The van der Waals surface area contributed by atoms with Gasteiger partial charge in [0.25, 0.3) is 0 Å². The Morgan fingerprint density at radius 3 is 2.63 bits per heavy atom. The third kappa shape index (κ3) is 4.13. The number of rotatable bonds is 5. The smallest absolute Gasteiger partial charge is 0.121 e. The lowest BCUT2D eigenvalue weighted by Gasteiger charge is -2.33. The number of hydrogen-bond acceptors (Lipinski definition) is 3. The number of nitrogens with zero attached hydrogens (tertiary/aromatic N) is 1. The summed E-state index contributed by atoms with van der Waals surface area (Å²) in [6, 6.07) is 8.20. The molecule has 0 unspecified atom stereocenters. The van der Waals surface area contributed by atoms with Crippen LogP contribution in [0.1, 0.15) is 38.5 Å². The average molecular weight is 262 g/mol. The molecule has 1 fully saturated rings. The highest BCUT2D eigenvalue weighted by Gasteiger charge is 2.26. The second-order valence-electron chi connectivity index (χ2n) is 5.91. The summed E-state index contributed by atoms with van der Waals surface area (Å²) in [5.41, 5.74) is 7.59. The van der Waals surface area contributed by atoms with E-state index in [1.807, 2.05) is 26.2 Å². The Morgan fingerprint density at radius 2 is 1.95 bits per heavy atom. The first-order chi connectivity index (χ1) is 9.09. The summed E-state index contributed by atoms with van der Waals surface area (Å²) in [6.07, 6.45) is 7.13. The largest absolute Gasteiger partial charge is 0.493 e. The summed E-state index contributed by atoms with van der Waals surface area (Å²) >= 11 is 0. The van der Waals surface area contributed by atoms with Crippen molar-refractivity contribution in [2.24, 2.45) is 5.73 Å². The number of benzene rings is 1. The van der Waals surface area contributed by atoms with E-state index >= 15 is 0 Å². The van der Waals surface area contributed by atoms with E-state index in [1.54, 1.807) is 0 Å². The van der Waals surface area contributed by atoms with Gasteiger partial charge in [-0.05, 0) is 31.4 Å². The zero-order valence-electron chi connectivity index (χ0n) is 12.2. The van der Waals surface area contributed by atoms with Crippen LogP contribution in [0, 0.1) is 0 Å². The van der Waals surface area contributed by atoms with Crippen LogP contribution in [0.3, 0.4) is 0 Å². The van der Waals surface area contributed by atoms with Crippen molar-refractivity contribution in [1.29, 1.82) is 0 Å². The molecule has 0 bridgehead atoms. The SMILES string of the molecule is CN(C)c1cccc(OCCC2(N)CCCCC2)c1. The zero-order chi connectivity index (χ0) is 13.7. The molecule has 0 heterocycles. The Hall–Kier alpha value is -1.22. The molecule has 106 valence electrons. The third-order valence-electron chi connectivity index (χ3n) is 4.05. The van der Waals surface area contributed by atoms with Crippen LogP contribution in [-0.4, -0.2) is 26.2 Å². The van der Waals surface area contributed by atoms with Crippen LogP contribution in [0.15, 0.2) is 24.3 Å². The molecule has 3 heteroatoms. The lowest BCUT2D eigenvalue weighted by molar-refractivity contribution is 0.214. The van der Waals surface area contributed by atoms with Crippen molar-refractivity contribution in [2.75, 3.05) is 25.6 Å². The molecule has 2 N–H and O–H groups in total. The summed E-state index contributed by atoms with van der Waals surface area (Å²) in [4.78, 5) is 2.08. The average Bonchev–Trinajstić information content (AvgIpc) is 2.39. The molecule has 1 saturated carbocycles. The highest BCUT2D eigenvalue weighted by atomic mass is 16.5. The molecular weight excluding hydrogens is 236 g/mol. The summed E-state index contributed by atoms with van der Waals surface area (Å²) in [5, 5.41) is 0. The van der Waals surface area contributed by atoms with Gasteiger partial charge >= 0.3 is 0 Å². The Morgan fingerprint density at radius 1 is 1.21 bits per heavy atom. The second kappa shape index (κ2) is 6.29. The molecule has 3 nitrogen and oxygen atoms in total. The van der Waals surface area contributed by atoms with E-state index in [0.29, 0.717) is 6.61 Å². The van der Waals surface area contributed by atoms with E-state index in [-0.39, 0.29) is 5.54 Å². The number of nitrogens with two attached hydrogens (primary N) is 1. The predicted octanol–water partition coefficient (Wildman–Crippen LogP) is 3.18. The fraction of sp³-hybridized carbons (Fsp3) is 0.625. The molecule has 1 aliphatic rings. The topological polar surface area (TPSA) is 38.5 Å².